The van der Waals surface area contributed by atoms with Gasteiger partial charge in [-0.3, -0.25) is 14.9 Å². The number of ether oxygens (including phenoxy) is 1. The Morgan fingerprint density at radius 1 is 1.27 bits per heavy atom. The third-order valence-electron chi connectivity index (χ3n) is 2.98. The molecule has 1 aromatic carbocycles. The molecule has 0 heterocycles. The zero-order valence-electron chi connectivity index (χ0n) is 12.8. The number of thioether (sulfide) groups is 1. The Hall–Kier alpha value is -2.02. The molecule has 1 rings (SSSR count). The molecule has 0 unspecified atom stereocenters. The first-order valence-electron chi connectivity index (χ1n) is 6.79. The highest BCUT2D eigenvalue weighted by atomic mass is 32.2. The zero-order valence-corrected chi connectivity index (χ0v) is 13.7. The number of esters is 1. The van der Waals surface area contributed by atoms with Crippen LogP contribution in [-0.2, 0) is 14.3 Å². The molecule has 120 valence electrons. The van der Waals surface area contributed by atoms with Crippen molar-refractivity contribution >= 4 is 29.7 Å². The number of aryl methyl sites for hydroxylation is 2. The van der Waals surface area contributed by atoms with Crippen molar-refractivity contribution in [3.63, 3.8) is 0 Å². The van der Waals surface area contributed by atoms with Gasteiger partial charge in [0, 0.05) is 10.6 Å². The van der Waals surface area contributed by atoms with Crippen molar-refractivity contribution in [2.75, 3.05) is 5.75 Å². The molecule has 0 fully saturated rings. The number of carbonyl (C=O) groups is 3. The Morgan fingerprint density at radius 3 is 2.55 bits per heavy atom. The van der Waals surface area contributed by atoms with Gasteiger partial charge in [-0.25, -0.2) is 4.79 Å². The van der Waals surface area contributed by atoms with Gasteiger partial charge in [-0.2, -0.15) is 0 Å². The van der Waals surface area contributed by atoms with E-state index in [9.17, 15) is 14.4 Å². The molecule has 0 bridgehead atoms. The SMILES string of the molecule is Cc1ccc(SCCC(=O)O[C@@H](C)C(=O)NC(N)=O)cc1C. The minimum Gasteiger partial charge on any atom is -0.453 e. The maximum atomic E-state index is 11.6. The molecule has 0 radical (unpaired) electrons. The van der Waals surface area contributed by atoms with Crippen LogP contribution in [0.4, 0.5) is 4.79 Å². The first-order chi connectivity index (χ1) is 10.3. The Bertz CT molecular complexity index is 575. The fourth-order valence-corrected chi connectivity index (χ4v) is 2.52. The Balaban J connectivity index is 2.35. The van der Waals surface area contributed by atoms with Crippen LogP contribution in [0.15, 0.2) is 23.1 Å². The molecule has 6 nitrogen and oxygen atoms in total. The predicted octanol–water partition coefficient (Wildman–Crippen LogP) is 1.91. The molecule has 0 aliphatic heterocycles. The maximum absolute atomic E-state index is 11.6. The van der Waals surface area contributed by atoms with Gasteiger partial charge >= 0.3 is 12.0 Å². The van der Waals surface area contributed by atoms with Crippen molar-refractivity contribution in [2.45, 2.75) is 38.2 Å². The van der Waals surface area contributed by atoms with Gasteiger partial charge in [-0.1, -0.05) is 6.07 Å². The van der Waals surface area contributed by atoms with Crippen molar-refractivity contribution < 1.29 is 19.1 Å². The molecule has 0 saturated heterocycles. The Labute approximate surface area is 133 Å². The van der Waals surface area contributed by atoms with E-state index in [-0.39, 0.29) is 6.42 Å². The number of hydrogen-bond acceptors (Lipinski definition) is 5. The second-order valence-electron chi connectivity index (χ2n) is 4.83. The average molecular weight is 324 g/mol. The van der Waals surface area contributed by atoms with Gasteiger partial charge in [-0.05, 0) is 44.0 Å². The van der Waals surface area contributed by atoms with E-state index in [0.717, 1.165) is 4.90 Å². The van der Waals surface area contributed by atoms with Gasteiger partial charge < -0.3 is 10.5 Å². The first-order valence-corrected chi connectivity index (χ1v) is 7.78. The second-order valence-corrected chi connectivity index (χ2v) is 6.00. The van der Waals surface area contributed by atoms with E-state index in [0.29, 0.717) is 5.75 Å². The molecule has 1 aromatic rings. The molecule has 7 heteroatoms. The number of imide groups is 1. The molecule has 3 N–H and O–H groups in total. The summed E-state index contributed by atoms with van der Waals surface area (Å²) in [4.78, 5) is 34.6. The summed E-state index contributed by atoms with van der Waals surface area (Å²) in [6.45, 7) is 5.46. The van der Waals surface area contributed by atoms with Crippen molar-refractivity contribution in [1.82, 2.24) is 5.32 Å². The minimum atomic E-state index is -1.05. The summed E-state index contributed by atoms with van der Waals surface area (Å²) in [5.74, 6) is -0.683. The summed E-state index contributed by atoms with van der Waals surface area (Å²) in [5.41, 5.74) is 7.23. The van der Waals surface area contributed by atoms with Crippen LogP contribution in [0.25, 0.3) is 0 Å². The third-order valence-corrected chi connectivity index (χ3v) is 3.97. The Kier molecular flexibility index (Phi) is 6.91. The standard InChI is InChI=1S/C15H20N2O4S/c1-9-4-5-12(8-10(9)2)22-7-6-13(18)21-11(3)14(19)17-15(16)20/h4-5,8,11H,6-7H2,1-3H3,(H3,16,17,19,20)/t11-/m0/s1. The van der Waals surface area contributed by atoms with E-state index in [1.54, 1.807) is 11.8 Å². The fraction of sp³-hybridized carbons (Fsp3) is 0.400. The highest BCUT2D eigenvalue weighted by Gasteiger charge is 2.18. The molecule has 22 heavy (non-hydrogen) atoms. The smallest absolute Gasteiger partial charge is 0.318 e. The molecular weight excluding hydrogens is 304 g/mol. The number of primary amides is 1. The second kappa shape index (κ2) is 8.43. The first kappa shape index (κ1) is 18.0. The van der Waals surface area contributed by atoms with Crippen LogP contribution in [0, 0.1) is 13.8 Å². The van der Waals surface area contributed by atoms with E-state index in [1.807, 2.05) is 31.3 Å². The lowest BCUT2D eigenvalue weighted by Crippen LogP contribution is -2.42. The van der Waals surface area contributed by atoms with Crippen molar-refractivity contribution in [3.05, 3.63) is 29.3 Å². The lowest BCUT2D eigenvalue weighted by Gasteiger charge is -2.12. The number of nitrogens with one attached hydrogen (secondary N) is 1. The van der Waals surface area contributed by atoms with Crippen molar-refractivity contribution in [2.24, 2.45) is 5.73 Å². The quantitative estimate of drug-likeness (QED) is 0.615. The topological polar surface area (TPSA) is 98.5 Å². The summed E-state index contributed by atoms with van der Waals surface area (Å²) >= 11 is 1.54. The lowest BCUT2D eigenvalue weighted by molar-refractivity contribution is -0.154. The molecule has 3 amide bonds. The number of amides is 3. The number of urea groups is 1. The molecular formula is C15H20N2O4S. The van der Waals surface area contributed by atoms with Crippen LogP contribution in [0.3, 0.4) is 0 Å². The molecule has 0 spiro atoms. The summed E-state index contributed by atoms with van der Waals surface area (Å²) in [5, 5.41) is 1.86. The third kappa shape index (κ3) is 6.17. The molecule has 0 aromatic heterocycles. The van der Waals surface area contributed by atoms with Crippen LogP contribution >= 0.6 is 11.8 Å². The number of hydrogen-bond donors (Lipinski definition) is 2. The van der Waals surface area contributed by atoms with Gasteiger partial charge in [0.15, 0.2) is 6.10 Å². The molecule has 0 saturated carbocycles. The minimum absolute atomic E-state index is 0.172. The number of carbonyl (C=O) groups excluding carboxylic acids is 3. The van der Waals surface area contributed by atoms with Crippen LogP contribution in [0.2, 0.25) is 0 Å². The van der Waals surface area contributed by atoms with E-state index in [1.165, 1.54) is 18.1 Å². The van der Waals surface area contributed by atoms with Crippen LogP contribution in [0.5, 0.6) is 0 Å². The van der Waals surface area contributed by atoms with Gasteiger partial charge in [0.05, 0.1) is 6.42 Å². The highest BCUT2D eigenvalue weighted by molar-refractivity contribution is 7.99. The van der Waals surface area contributed by atoms with E-state index >= 15 is 0 Å². The molecule has 0 aliphatic rings. The van der Waals surface area contributed by atoms with Crippen molar-refractivity contribution in [3.8, 4) is 0 Å². The molecule has 0 aliphatic carbocycles. The highest BCUT2D eigenvalue weighted by Crippen LogP contribution is 2.21. The monoisotopic (exact) mass is 324 g/mol. The van der Waals surface area contributed by atoms with E-state index in [2.05, 4.69) is 6.07 Å². The van der Waals surface area contributed by atoms with E-state index in [4.69, 9.17) is 10.5 Å². The Morgan fingerprint density at radius 2 is 1.95 bits per heavy atom. The van der Waals surface area contributed by atoms with Gasteiger partial charge in [0.1, 0.15) is 0 Å². The summed E-state index contributed by atoms with van der Waals surface area (Å²) < 4.78 is 4.92. The number of nitrogens with two attached hydrogens (primary N) is 1. The zero-order chi connectivity index (χ0) is 16.7. The van der Waals surface area contributed by atoms with Crippen LogP contribution in [0.1, 0.15) is 24.5 Å². The largest absolute Gasteiger partial charge is 0.453 e. The normalized spacial score (nSPS) is 11.6. The maximum Gasteiger partial charge on any atom is 0.318 e. The molecule has 1 atom stereocenters. The average Bonchev–Trinajstić information content (AvgIpc) is 2.42. The van der Waals surface area contributed by atoms with E-state index < -0.39 is 24.0 Å². The number of benzene rings is 1. The van der Waals surface area contributed by atoms with Crippen LogP contribution < -0.4 is 11.1 Å². The van der Waals surface area contributed by atoms with Crippen molar-refractivity contribution in [1.29, 1.82) is 0 Å². The number of rotatable bonds is 6. The summed E-state index contributed by atoms with van der Waals surface area (Å²) in [6, 6.07) is 5.13. The summed E-state index contributed by atoms with van der Waals surface area (Å²) in [6.07, 6.45) is -0.877. The van der Waals surface area contributed by atoms with Gasteiger partial charge in [0.25, 0.3) is 5.91 Å². The van der Waals surface area contributed by atoms with Gasteiger partial charge in [-0.15, -0.1) is 11.8 Å². The lowest BCUT2D eigenvalue weighted by atomic mass is 10.1. The van der Waals surface area contributed by atoms with Crippen LogP contribution in [-0.4, -0.2) is 29.8 Å². The summed E-state index contributed by atoms with van der Waals surface area (Å²) in [7, 11) is 0. The predicted molar refractivity (Wildman–Crippen MR) is 84.5 cm³/mol. The fourth-order valence-electron chi connectivity index (χ4n) is 1.59. The van der Waals surface area contributed by atoms with Gasteiger partial charge in [0.2, 0.25) is 0 Å².